The highest BCUT2D eigenvalue weighted by Gasteiger charge is 2.29. The molecule has 1 saturated heterocycles. The van der Waals surface area contributed by atoms with Gasteiger partial charge in [0.05, 0.1) is 6.54 Å². The third kappa shape index (κ3) is 6.08. The number of hydrogen-bond acceptors (Lipinski definition) is 5. The van der Waals surface area contributed by atoms with Gasteiger partial charge in [-0.25, -0.2) is 9.98 Å². The lowest BCUT2D eigenvalue weighted by Crippen LogP contribution is -2.64. The zero-order valence-corrected chi connectivity index (χ0v) is 20.7. The third-order valence-electron chi connectivity index (χ3n) is 5.76. The quantitative estimate of drug-likeness (QED) is 0.511. The second-order valence-electron chi connectivity index (χ2n) is 8.32. The van der Waals surface area contributed by atoms with Crippen molar-refractivity contribution in [1.82, 2.24) is 25.8 Å². The molecule has 4 rings (SSSR count). The second kappa shape index (κ2) is 11.4. The summed E-state index contributed by atoms with van der Waals surface area (Å²) in [7, 11) is 5.52. The van der Waals surface area contributed by atoms with Crippen molar-refractivity contribution in [2.45, 2.75) is 32.2 Å². The van der Waals surface area contributed by atoms with E-state index >= 15 is 0 Å². The summed E-state index contributed by atoms with van der Waals surface area (Å²) >= 11 is 0. The molecule has 2 atom stereocenters. The van der Waals surface area contributed by atoms with Crippen molar-refractivity contribution < 1.29 is 0 Å². The Morgan fingerprint density at radius 3 is 2.23 bits per heavy atom. The fourth-order valence-corrected chi connectivity index (χ4v) is 3.96. The number of aliphatic imine (C=N–C) groups is 4. The van der Waals surface area contributed by atoms with Crippen LogP contribution in [0.15, 0.2) is 80.6 Å². The van der Waals surface area contributed by atoms with Gasteiger partial charge in [0.2, 0.25) is 23.8 Å². The van der Waals surface area contributed by atoms with Gasteiger partial charge >= 0.3 is 0 Å². The Kier molecular flexibility index (Phi) is 7.81. The van der Waals surface area contributed by atoms with Crippen LogP contribution in [0, 0.1) is 0 Å². The number of guanidine groups is 4. The molecule has 0 bridgehead atoms. The van der Waals surface area contributed by atoms with E-state index in [4.69, 9.17) is 9.98 Å². The normalized spacial score (nSPS) is 23.5. The van der Waals surface area contributed by atoms with Gasteiger partial charge in [0.1, 0.15) is 12.3 Å². The van der Waals surface area contributed by atoms with E-state index in [0.717, 1.165) is 41.5 Å². The lowest BCUT2D eigenvalue weighted by Gasteiger charge is -2.38. The minimum atomic E-state index is -0.0775. The highest BCUT2D eigenvalue weighted by molar-refractivity contribution is 6.06. The summed E-state index contributed by atoms with van der Waals surface area (Å²) in [6.07, 6.45) is 0.614. The molecule has 0 aliphatic carbocycles. The van der Waals surface area contributed by atoms with E-state index in [1.807, 2.05) is 67.4 Å². The molecule has 2 aromatic rings. The van der Waals surface area contributed by atoms with Gasteiger partial charge < -0.3 is 21.3 Å². The molecular formula is C25H34N10. The molecule has 184 valence electrons. The van der Waals surface area contributed by atoms with E-state index in [-0.39, 0.29) is 12.3 Å². The number of para-hydroxylation sites is 1. The van der Waals surface area contributed by atoms with Crippen molar-refractivity contribution in [2.24, 2.45) is 20.0 Å². The van der Waals surface area contributed by atoms with Gasteiger partial charge in [-0.05, 0) is 24.6 Å². The smallest absolute Gasteiger partial charge is 0.207 e. The molecule has 0 saturated carbocycles. The van der Waals surface area contributed by atoms with Crippen LogP contribution < -0.4 is 21.3 Å². The summed E-state index contributed by atoms with van der Waals surface area (Å²) in [4.78, 5) is 22.5. The fourth-order valence-electron chi connectivity index (χ4n) is 3.96. The molecule has 1 fully saturated rings. The zero-order valence-electron chi connectivity index (χ0n) is 20.7. The molecule has 2 unspecified atom stereocenters. The molecule has 2 aromatic carbocycles. The molecule has 2 aliphatic heterocycles. The summed E-state index contributed by atoms with van der Waals surface area (Å²) in [5.74, 6) is 3.09. The predicted octanol–water partition coefficient (Wildman–Crippen LogP) is 2.07. The van der Waals surface area contributed by atoms with Crippen molar-refractivity contribution in [2.75, 3.05) is 33.0 Å². The van der Waals surface area contributed by atoms with Crippen LogP contribution in [0.2, 0.25) is 0 Å². The van der Waals surface area contributed by atoms with Crippen LogP contribution >= 0.6 is 0 Å². The van der Waals surface area contributed by atoms with E-state index in [9.17, 15) is 0 Å². The maximum Gasteiger partial charge on any atom is 0.207 e. The van der Waals surface area contributed by atoms with Crippen LogP contribution in [0.25, 0.3) is 0 Å². The van der Waals surface area contributed by atoms with Crippen LogP contribution in [-0.2, 0) is 6.54 Å². The highest BCUT2D eigenvalue weighted by atomic mass is 15.5. The van der Waals surface area contributed by atoms with E-state index in [1.165, 1.54) is 0 Å². The van der Waals surface area contributed by atoms with E-state index in [2.05, 4.69) is 48.3 Å². The lowest BCUT2D eigenvalue weighted by molar-refractivity contribution is 0.407. The molecule has 0 aromatic heterocycles. The molecule has 0 spiro atoms. The van der Waals surface area contributed by atoms with Gasteiger partial charge in [-0.1, -0.05) is 48.5 Å². The van der Waals surface area contributed by atoms with Gasteiger partial charge in [0.25, 0.3) is 0 Å². The van der Waals surface area contributed by atoms with Crippen LogP contribution in [0.5, 0.6) is 0 Å². The topological polar surface area (TPSA) is 104 Å². The summed E-state index contributed by atoms with van der Waals surface area (Å²) in [5, 5.41) is 13.8. The van der Waals surface area contributed by atoms with Gasteiger partial charge in [0, 0.05) is 39.8 Å². The fraction of sp³-hybridized carbons (Fsp3) is 0.360. The van der Waals surface area contributed by atoms with Crippen molar-refractivity contribution in [3.63, 3.8) is 0 Å². The highest BCUT2D eigenvalue weighted by Crippen LogP contribution is 2.12. The van der Waals surface area contributed by atoms with Crippen LogP contribution in [0.3, 0.4) is 0 Å². The first-order valence-corrected chi connectivity index (χ1v) is 11.8. The summed E-state index contributed by atoms with van der Waals surface area (Å²) < 4.78 is 0. The largest absolute Gasteiger partial charge is 0.336 e. The number of nitrogens with zero attached hydrogens (tertiary/aromatic N) is 6. The molecule has 10 nitrogen and oxygen atoms in total. The average Bonchev–Trinajstić information content (AvgIpc) is 2.88. The number of anilines is 1. The number of nitrogens with one attached hydrogen (secondary N) is 4. The minimum absolute atomic E-state index is 0.0603. The van der Waals surface area contributed by atoms with E-state index in [0.29, 0.717) is 13.1 Å². The van der Waals surface area contributed by atoms with Crippen LogP contribution in [0.4, 0.5) is 5.69 Å². The van der Waals surface area contributed by atoms with Gasteiger partial charge in [-0.15, -0.1) is 0 Å². The Bertz CT molecular complexity index is 1090. The first-order chi connectivity index (χ1) is 17.1. The standard InChI is InChI=1S/C25H34N10/c1-18-29-23(27-3)35(25(30-18)31-20-13-9-6-10-14-20)16-15-21-32-22(26-2)34(4)24(33-21)28-17-19-11-7-5-8-12-19/h5-14,18,21H,15-17H2,1-4H3,(H,26,32)(H,27,29)(H,28,33)(H,30,31). The predicted molar refractivity (Wildman–Crippen MR) is 144 cm³/mol. The molecule has 2 heterocycles. The summed E-state index contributed by atoms with van der Waals surface area (Å²) in [6, 6.07) is 20.3. The Labute approximate surface area is 207 Å². The molecule has 0 amide bonds. The van der Waals surface area contributed by atoms with Crippen molar-refractivity contribution in [3.05, 3.63) is 66.2 Å². The van der Waals surface area contributed by atoms with E-state index in [1.54, 1.807) is 14.1 Å². The number of hydrogen-bond donors (Lipinski definition) is 4. The van der Waals surface area contributed by atoms with Crippen LogP contribution in [0.1, 0.15) is 18.9 Å². The zero-order chi connectivity index (χ0) is 24.6. The van der Waals surface area contributed by atoms with E-state index < -0.39 is 0 Å². The first kappa shape index (κ1) is 24.1. The minimum Gasteiger partial charge on any atom is -0.336 e. The van der Waals surface area contributed by atoms with Crippen molar-refractivity contribution in [3.8, 4) is 0 Å². The monoisotopic (exact) mass is 474 g/mol. The Hall–Kier alpha value is -4.08. The van der Waals surface area contributed by atoms with Gasteiger partial charge in [-0.3, -0.25) is 19.8 Å². The van der Waals surface area contributed by atoms with Crippen molar-refractivity contribution in [1.29, 1.82) is 0 Å². The third-order valence-corrected chi connectivity index (χ3v) is 5.76. The molecular weight excluding hydrogens is 440 g/mol. The van der Waals surface area contributed by atoms with Gasteiger partial charge in [-0.2, -0.15) is 0 Å². The summed E-state index contributed by atoms with van der Waals surface area (Å²) in [6.45, 7) is 3.27. The Balaban J connectivity index is 1.48. The number of benzene rings is 2. The second-order valence-corrected chi connectivity index (χ2v) is 8.32. The molecule has 35 heavy (non-hydrogen) atoms. The van der Waals surface area contributed by atoms with Crippen molar-refractivity contribution >= 4 is 29.5 Å². The molecule has 2 aliphatic rings. The van der Waals surface area contributed by atoms with Gasteiger partial charge in [0.15, 0.2) is 0 Å². The lowest BCUT2D eigenvalue weighted by atomic mass is 10.2. The molecule has 4 N–H and O–H groups in total. The maximum absolute atomic E-state index is 4.81. The van der Waals surface area contributed by atoms with Crippen LogP contribution in [-0.4, -0.2) is 73.7 Å². The number of rotatable bonds is 6. The first-order valence-electron chi connectivity index (χ1n) is 11.8. The Morgan fingerprint density at radius 1 is 0.886 bits per heavy atom. The Morgan fingerprint density at radius 2 is 1.54 bits per heavy atom. The maximum atomic E-state index is 4.81. The summed E-state index contributed by atoms with van der Waals surface area (Å²) in [5.41, 5.74) is 2.14. The molecule has 0 radical (unpaired) electrons. The molecule has 10 heteroatoms. The average molecular weight is 475 g/mol. The SMILES string of the molecule is CN=C1NC(CCN2C(Nc3ccccc3)=NC(C)NC2=NC)NC(=NCc2ccccc2)N1C.